The van der Waals surface area contributed by atoms with Crippen molar-refractivity contribution < 1.29 is 5.11 Å². The van der Waals surface area contributed by atoms with Gasteiger partial charge in [-0.25, -0.2) is 0 Å². The maximum absolute atomic E-state index is 11.1. The number of aliphatic hydroxyl groups is 1. The van der Waals surface area contributed by atoms with Gasteiger partial charge >= 0.3 is 0 Å². The molecule has 1 aliphatic carbocycles. The smallest absolute Gasteiger partial charge is 0.0903 e. The summed E-state index contributed by atoms with van der Waals surface area (Å²) in [6.45, 7) is 3.16. The lowest BCUT2D eigenvalue weighted by Gasteiger charge is -2.27. The average molecular weight is 340 g/mol. The lowest BCUT2D eigenvalue weighted by molar-refractivity contribution is 0.0314. The minimum Gasteiger partial charge on any atom is -0.385 e. The lowest BCUT2D eigenvalue weighted by Crippen LogP contribution is -2.30. The first-order valence-electron chi connectivity index (χ1n) is 8.87. The number of rotatable bonds is 4. The van der Waals surface area contributed by atoms with Gasteiger partial charge in [0.15, 0.2) is 0 Å². The van der Waals surface area contributed by atoms with Gasteiger partial charge in [0, 0.05) is 24.9 Å². The predicted molar refractivity (Wildman–Crippen MR) is 101 cm³/mol. The van der Waals surface area contributed by atoms with Gasteiger partial charge in [-0.15, -0.1) is 0 Å². The zero-order valence-corrected chi connectivity index (χ0v) is 14.8. The Kier molecular flexibility index (Phi) is 4.42. The van der Waals surface area contributed by atoms with Gasteiger partial charge in [0.05, 0.1) is 5.60 Å². The van der Waals surface area contributed by atoms with E-state index in [4.69, 9.17) is 12.6 Å². The van der Waals surface area contributed by atoms with E-state index in [9.17, 15) is 5.11 Å². The van der Waals surface area contributed by atoms with Crippen LogP contribution < -0.4 is 0 Å². The summed E-state index contributed by atoms with van der Waals surface area (Å²) < 4.78 is 0. The van der Waals surface area contributed by atoms with Gasteiger partial charge in [-0.1, -0.05) is 60.7 Å². The molecule has 2 nitrogen and oxygen atoms in total. The maximum Gasteiger partial charge on any atom is 0.0903 e. The van der Waals surface area contributed by atoms with Crippen LogP contribution in [0.3, 0.4) is 0 Å². The SMILES string of the molecule is O[C@@]1(c2ccccc2)C[C@H]2CN(C[C@H](S)c3ccccc3)C[C@H]2C1. The highest BCUT2D eigenvalue weighted by Crippen LogP contribution is 2.49. The molecule has 2 fully saturated rings. The molecular weight excluding hydrogens is 314 g/mol. The Morgan fingerprint density at radius 3 is 2.08 bits per heavy atom. The Hall–Kier alpha value is -1.29. The van der Waals surface area contributed by atoms with Crippen molar-refractivity contribution in [2.24, 2.45) is 11.8 Å². The van der Waals surface area contributed by atoms with Crippen molar-refractivity contribution in [3.05, 3.63) is 71.8 Å². The zero-order chi connectivity index (χ0) is 16.6. The molecule has 0 amide bonds. The molecular formula is C21H25NOS. The van der Waals surface area contributed by atoms with Gasteiger partial charge < -0.3 is 10.0 Å². The Balaban J connectivity index is 1.38. The zero-order valence-electron chi connectivity index (χ0n) is 13.9. The summed E-state index contributed by atoms with van der Waals surface area (Å²) in [6.07, 6.45) is 1.78. The normalized spacial score (nSPS) is 31.1. The van der Waals surface area contributed by atoms with Crippen LogP contribution in [0.25, 0.3) is 0 Å². The quantitative estimate of drug-likeness (QED) is 0.826. The molecule has 4 rings (SSSR count). The molecule has 4 atom stereocenters. The van der Waals surface area contributed by atoms with Crippen molar-refractivity contribution in [3.63, 3.8) is 0 Å². The molecule has 24 heavy (non-hydrogen) atoms. The third-order valence-electron chi connectivity index (χ3n) is 5.78. The summed E-state index contributed by atoms with van der Waals surface area (Å²) in [6, 6.07) is 20.7. The number of hydrogen-bond donors (Lipinski definition) is 2. The van der Waals surface area contributed by atoms with Gasteiger partial charge in [-0.05, 0) is 35.8 Å². The molecule has 0 aromatic heterocycles. The van der Waals surface area contributed by atoms with E-state index in [1.807, 2.05) is 18.2 Å². The number of nitrogens with zero attached hydrogens (tertiary/aromatic N) is 1. The molecule has 0 spiro atoms. The van der Waals surface area contributed by atoms with Crippen LogP contribution in [0.2, 0.25) is 0 Å². The van der Waals surface area contributed by atoms with Crippen molar-refractivity contribution in [1.82, 2.24) is 4.90 Å². The molecule has 0 bridgehead atoms. The first kappa shape index (κ1) is 16.2. The Morgan fingerprint density at radius 1 is 0.958 bits per heavy atom. The molecule has 0 radical (unpaired) electrons. The van der Waals surface area contributed by atoms with Gasteiger partial charge in [-0.2, -0.15) is 12.6 Å². The first-order valence-corrected chi connectivity index (χ1v) is 9.39. The van der Waals surface area contributed by atoms with Crippen LogP contribution in [0.15, 0.2) is 60.7 Å². The van der Waals surface area contributed by atoms with Crippen LogP contribution in [0.5, 0.6) is 0 Å². The van der Waals surface area contributed by atoms with Crippen LogP contribution >= 0.6 is 12.6 Å². The third kappa shape index (κ3) is 3.13. The van der Waals surface area contributed by atoms with E-state index in [2.05, 4.69) is 47.4 Å². The van der Waals surface area contributed by atoms with E-state index in [0.717, 1.165) is 38.0 Å². The highest BCUT2D eigenvalue weighted by molar-refractivity contribution is 7.80. The van der Waals surface area contributed by atoms with Crippen molar-refractivity contribution >= 4 is 12.6 Å². The molecule has 126 valence electrons. The molecule has 1 saturated heterocycles. The van der Waals surface area contributed by atoms with E-state index >= 15 is 0 Å². The van der Waals surface area contributed by atoms with Gasteiger partial charge in [0.2, 0.25) is 0 Å². The van der Waals surface area contributed by atoms with Crippen LogP contribution in [0.1, 0.15) is 29.2 Å². The predicted octanol–water partition coefficient (Wildman–Crippen LogP) is 3.89. The van der Waals surface area contributed by atoms with E-state index < -0.39 is 5.60 Å². The fraction of sp³-hybridized carbons (Fsp3) is 0.429. The molecule has 1 N–H and O–H groups in total. The standard InChI is InChI=1S/C21H25NOS/c23-21(19-9-5-2-6-10-19)11-17-13-22(14-18(17)12-21)15-20(24)16-7-3-1-4-8-16/h1-10,17-18,20,23-24H,11-15H2/t17-,18+,20-,21-/m0/s1. The maximum atomic E-state index is 11.1. The van der Waals surface area contributed by atoms with Gasteiger partial charge in [-0.3, -0.25) is 0 Å². The Bertz CT molecular complexity index is 661. The lowest BCUT2D eigenvalue weighted by atomic mass is 9.90. The monoisotopic (exact) mass is 339 g/mol. The van der Waals surface area contributed by atoms with Crippen LogP contribution in [-0.2, 0) is 5.60 Å². The second-order valence-corrected chi connectivity index (χ2v) is 8.09. The summed E-state index contributed by atoms with van der Waals surface area (Å²) in [5, 5.41) is 11.3. The van der Waals surface area contributed by atoms with Gasteiger partial charge in [0.1, 0.15) is 0 Å². The number of benzene rings is 2. The molecule has 2 aromatic rings. The summed E-state index contributed by atoms with van der Waals surface area (Å²) >= 11 is 4.80. The summed E-state index contributed by atoms with van der Waals surface area (Å²) in [7, 11) is 0. The van der Waals surface area contributed by atoms with Crippen molar-refractivity contribution in [2.75, 3.05) is 19.6 Å². The van der Waals surface area contributed by atoms with Crippen LogP contribution in [-0.4, -0.2) is 29.6 Å². The first-order chi connectivity index (χ1) is 11.6. The molecule has 0 unspecified atom stereocenters. The van der Waals surface area contributed by atoms with E-state index in [0.29, 0.717) is 11.8 Å². The molecule has 1 saturated carbocycles. The highest BCUT2D eigenvalue weighted by atomic mass is 32.1. The molecule has 2 aliphatic rings. The topological polar surface area (TPSA) is 23.5 Å². The summed E-state index contributed by atoms with van der Waals surface area (Å²) in [5.41, 5.74) is 1.75. The average Bonchev–Trinajstić information content (AvgIpc) is 3.11. The molecule has 2 aromatic carbocycles. The van der Waals surface area contributed by atoms with E-state index in [1.165, 1.54) is 5.56 Å². The minimum atomic E-state index is -0.623. The fourth-order valence-electron chi connectivity index (χ4n) is 4.61. The number of fused-ring (bicyclic) bond motifs is 1. The molecule has 3 heteroatoms. The van der Waals surface area contributed by atoms with Gasteiger partial charge in [0.25, 0.3) is 0 Å². The van der Waals surface area contributed by atoms with E-state index in [1.54, 1.807) is 0 Å². The largest absolute Gasteiger partial charge is 0.385 e. The fourth-order valence-corrected chi connectivity index (χ4v) is 5.01. The molecule has 1 heterocycles. The van der Waals surface area contributed by atoms with Crippen LogP contribution in [0.4, 0.5) is 0 Å². The number of likely N-dealkylation sites (tertiary alicyclic amines) is 1. The summed E-state index contributed by atoms with van der Waals surface area (Å²) in [5.74, 6) is 1.21. The Morgan fingerprint density at radius 2 is 1.50 bits per heavy atom. The Labute approximate surface area is 149 Å². The van der Waals surface area contributed by atoms with Crippen LogP contribution in [0, 0.1) is 11.8 Å². The highest BCUT2D eigenvalue weighted by Gasteiger charge is 2.48. The summed E-state index contributed by atoms with van der Waals surface area (Å²) in [4.78, 5) is 2.53. The second-order valence-electron chi connectivity index (χ2n) is 7.47. The van der Waals surface area contributed by atoms with Crippen molar-refractivity contribution in [2.45, 2.75) is 23.7 Å². The minimum absolute atomic E-state index is 0.262. The second kappa shape index (κ2) is 6.55. The van der Waals surface area contributed by atoms with E-state index in [-0.39, 0.29) is 5.25 Å². The third-order valence-corrected chi connectivity index (χ3v) is 6.24. The van der Waals surface area contributed by atoms with Crippen molar-refractivity contribution in [1.29, 1.82) is 0 Å². The number of thiol groups is 1. The number of hydrogen-bond acceptors (Lipinski definition) is 3. The molecule has 1 aliphatic heterocycles. The van der Waals surface area contributed by atoms with Crippen molar-refractivity contribution in [3.8, 4) is 0 Å².